The largest absolute Gasteiger partial charge is 0.449 e. The number of thioether (sulfide) groups is 1. The lowest BCUT2D eigenvalue weighted by Crippen LogP contribution is -2.30. The van der Waals surface area contributed by atoms with Gasteiger partial charge in [0.15, 0.2) is 6.10 Å². The molecule has 0 radical (unpaired) electrons. The second-order valence-electron chi connectivity index (χ2n) is 6.35. The molecule has 0 saturated carbocycles. The highest BCUT2D eigenvalue weighted by Crippen LogP contribution is 2.25. The minimum atomic E-state index is -3.67. The number of sulfonamides is 1. The number of carbonyl (C=O) groups is 2. The first-order valence-electron chi connectivity index (χ1n) is 9.11. The van der Waals surface area contributed by atoms with E-state index >= 15 is 0 Å². The van der Waals surface area contributed by atoms with E-state index in [1.165, 1.54) is 49.0 Å². The first-order chi connectivity index (χ1) is 14.8. The molecule has 0 aliphatic carbocycles. The third-order valence-corrected chi connectivity index (χ3v) is 7.73. The summed E-state index contributed by atoms with van der Waals surface area (Å²) in [6.07, 6.45) is 0.887. The summed E-state index contributed by atoms with van der Waals surface area (Å²) in [7, 11) is -3.67. The molecule has 2 aromatic carbocycles. The van der Waals surface area contributed by atoms with Gasteiger partial charge in [-0.05, 0) is 61.0 Å². The van der Waals surface area contributed by atoms with E-state index in [9.17, 15) is 18.0 Å². The van der Waals surface area contributed by atoms with Crippen molar-refractivity contribution in [3.05, 3.63) is 71.6 Å². The number of ether oxygens (including phenoxy) is 1. The van der Waals surface area contributed by atoms with Crippen molar-refractivity contribution < 1.29 is 22.7 Å². The van der Waals surface area contributed by atoms with Gasteiger partial charge in [0.05, 0.1) is 11.3 Å². The molecule has 3 aromatic rings. The minimum Gasteiger partial charge on any atom is -0.449 e. The second-order valence-corrected chi connectivity index (χ2v) is 10.1. The van der Waals surface area contributed by atoms with Crippen LogP contribution in [0.25, 0.3) is 0 Å². The molecule has 0 fully saturated rings. The van der Waals surface area contributed by atoms with Crippen molar-refractivity contribution in [3.63, 3.8) is 0 Å². The number of amides is 1. The fraction of sp³-hybridized carbons (Fsp3) is 0.143. The van der Waals surface area contributed by atoms with Crippen LogP contribution in [0.15, 0.2) is 75.1 Å². The summed E-state index contributed by atoms with van der Waals surface area (Å²) in [5.41, 5.74) is 1.15. The molecular weight excluding hydrogens is 456 g/mol. The van der Waals surface area contributed by atoms with Gasteiger partial charge in [0.2, 0.25) is 0 Å². The molecule has 31 heavy (non-hydrogen) atoms. The quantitative estimate of drug-likeness (QED) is 0.368. The normalized spacial score (nSPS) is 12.1. The zero-order valence-corrected chi connectivity index (χ0v) is 19.1. The van der Waals surface area contributed by atoms with Gasteiger partial charge in [-0.15, -0.1) is 23.1 Å². The molecule has 0 saturated heterocycles. The molecule has 0 spiro atoms. The molecule has 10 heteroatoms. The summed E-state index contributed by atoms with van der Waals surface area (Å²) in [5.74, 6) is -1.14. The Balaban J connectivity index is 1.60. The highest BCUT2D eigenvalue weighted by Gasteiger charge is 2.20. The zero-order chi connectivity index (χ0) is 22.4. The second kappa shape index (κ2) is 9.99. The number of thiophene rings is 1. The summed E-state index contributed by atoms with van der Waals surface area (Å²) < 4.78 is 32.4. The van der Waals surface area contributed by atoms with Gasteiger partial charge in [-0.1, -0.05) is 18.2 Å². The fourth-order valence-electron chi connectivity index (χ4n) is 2.56. The lowest BCUT2D eigenvalue weighted by Gasteiger charge is -2.15. The van der Waals surface area contributed by atoms with Gasteiger partial charge in [-0.2, -0.15) is 0 Å². The standard InChI is InChI=1S/C21H20N2O5S3/c1-14(20(24)22-17-6-3-4-7-18(17)29-2)28-21(25)15-9-11-16(12-10-15)23-31(26,27)19-8-5-13-30-19/h3-14,23H,1-2H3,(H,22,24). The maximum atomic E-state index is 12.4. The third-order valence-electron chi connectivity index (χ3n) is 4.15. The molecule has 1 unspecified atom stereocenters. The molecule has 1 aromatic heterocycles. The smallest absolute Gasteiger partial charge is 0.338 e. The third kappa shape index (κ3) is 5.87. The summed E-state index contributed by atoms with van der Waals surface area (Å²) >= 11 is 2.60. The van der Waals surface area contributed by atoms with E-state index in [1.807, 2.05) is 18.4 Å². The van der Waals surface area contributed by atoms with E-state index in [4.69, 9.17) is 4.74 Å². The van der Waals surface area contributed by atoms with Gasteiger partial charge < -0.3 is 10.1 Å². The van der Waals surface area contributed by atoms with Crippen molar-refractivity contribution in [2.75, 3.05) is 16.3 Å². The van der Waals surface area contributed by atoms with E-state index in [0.29, 0.717) is 11.4 Å². The number of anilines is 2. The van der Waals surface area contributed by atoms with Crippen LogP contribution in [0.4, 0.5) is 11.4 Å². The zero-order valence-electron chi connectivity index (χ0n) is 16.7. The molecule has 7 nitrogen and oxygen atoms in total. The van der Waals surface area contributed by atoms with Crippen molar-refractivity contribution in [3.8, 4) is 0 Å². The molecule has 2 N–H and O–H groups in total. The van der Waals surface area contributed by atoms with Gasteiger partial charge in [-0.25, -0.2) is 13.2 Å². The number of hydrogen-bond donors (Lipinski definition) is 2. The number of rotatable bonds is 8. The highest BCUT2D eigenvalue weighted by molar-refractivity contribution is 7.98. The number of esters is 1. The Labute approximate surface area is 188 Å². The summed E-state index contributed by atoms with van der Waals surface area (Å²) in [4.78, 5) is 25.7. The highest BCUT2D eigenvalue weighted by atomic mass is 32.2. The van der Waals surface area contributed by atoms with Gasteiger partial charge >= 0.3 is 5.97 Å². The van der Waals surface area contributed by atoms with Gasteiger partial charge in [0.1, 0.15) is 4.21 Å². The van der Waals surface area contributed by atoms with Crippen molar-refractivity contribution in [1.82, 2.24) is 0 Å². The van der Waals surface area contributed by atoms with E-state index in [-0.39, 0.29) is 9.77 Å². The number of nitrogens with one attached hydrogen (secondary N) is 2. The van der Waals surface area contributed by atoms with Crippen LogP contribution in [0.2, 0.25) is 0 Å². The van der Waals surface area contributed by atoms with Gasteiger partial charge in [0.25, 0.3) is 15.9 Å². The lowest BCUT2D eigenvalue weighted by molar-refractivity contribution is -0.123. The van der Waals surface area contributed by atoms with Crippen LogP contribution in [0.3, 0.4) is 0 Å². The Morgan fingerprint density at radius 3 is 2.39 bits per heavy atom. The molecule has 0 aliphatic heterocycles. The maximum Gasteiger partial charge on any atom is 0.338 e. The average Bonchev–Trinajstić information content (AvgIpc) is 3.30. The van der Waals surface area contributed by atoms with Crippen molar-refractivity contribution in [2.45, 2.75) is 22.1 Å². The predicted molar refractivity (Wildman–Crippen MR) is 123 cm³/mol. The molecular formula is C21H20N2O5S3. The van der Waals surface area contributed by atoms with Crippen molar-refractivity contribution in [1.29, 1.82) is 0 Å². The van der Waals surface area contributed by atoms with Crippen molar-refractivity contribution >= 4 is 56.4 Å². The van der Waals surface area contributed by atoms with Crippen LogP contribution in [-0.2, 0) is 19.6 Å². The lowest BCUT2D eigenvalue weighted by atomic mass is 10.2. The average molecular weight is 477 g/mol. The predicted octanol–water partition coefficient (Wildman–Crippen LogP) is 4.45. The van der Waals surface area contributed by atoms with E-state index in [1.54, 1.807) is 23.6 Å². The molecule has 0 aliphatic rings. The Bertz CT molecular complexity index is 1160. The first kappa shape index (κ1) is 22.9. The molecule has 162 valence electrons. The topological polar surface area (TPSA) is 102 Å². The summed E-state index contributed by atoms with van der Waals surface area (Å²) in [6.45, 7) is 1.48. The molecule has 1 heterocycles. The van der Waals surface area contributed by atoms with E-state index in [2.05, 4.69) is 10.0 Å². The van der Waals surface area contributed by atoms with Crippen LogP contribution < -0.4 is 10.0 Å². The summed E-state index contributed by atoms with van der Waals surface area (Å²) in [6, 6.07) is 16.3. The number of para-hydroxylation sites is 1. The van der Waals surface area contributed by atoms with Crippen LogP contribution in [0.1, 0.15) is 17.3 Å². The SMILES string of the molecule is CSc1ccccc1NC(=O)C(C)OC(=O)c1ccc(NS(=O)(=O)c2cccs2)cc1. The number of benzene rings is 2. The van der Waals surface area contributed by atoms with Crippen LogP contribution >= 0.6 is 23.1 Å². The maximum absolute atomic E-state index is 12.4. The van der Waals surface area contributed by atoms with Crippen LogP contribution in [0.5, 0.6) is 0 Å². The van der Waals surface area contributed by atoms with E-state index < -0.39 is 28.0 Å². The van der Waals surface area contributed by atoms with Crippen LogP contribution in [0, 0.1) is 0 Å². The van der Waals surface area contributed by atoms with Gasteiger partial charge in [-0.3, -0.25) is 9.52 Å². The molecule has 1 atom stereocenters. The molecule has 1 amide bonds. The van der Waals surface area contributed by atoms with Crippen molar-refractivity contribution in [2.24, 2.45) is 0 Å². The Morgan fingerprint density at radius 1 is 1.03 bits per heavy atom. The summed E-state index contributed by atoms with van der Waals surface area (Å²) in [5, 5.41) is 4.42. The first-order valence-corrected chi connectivity index (χ1v) is 12.7. The van der Waals surface area contributed by atoms with E-state index in [0.717, 1.165) is 16.2 Å². The minimum absolute atomic E-state index is 0.193. The Morgan fingerprint density at radius 2 is 1.74 bits per heavy atom. The Kier molecular flexibility index (Phi) is 7.37. The number of carbonyl (C=O) groups excluding carboxylic acids is 2. The fourth-order valence-corrected chi connectivity index (χ4v) is 5.17. The van der Waals surface area contributed by atoms with Crippen LogP contribution in [-0.4, -0.2) is 32.7 Å². The Hall–Kier alpha value is -2.82. The molecule has 3 rings (SSSR count). The van der Waals surface area contributed by atoms with Gasteiger partial charge in [0, 0.05) is 10.6 Å². The monoisotopic (exact) mass is 476 g/mol. The number of hydrogen-bond acceptors (Lipinski definition) is 7. The molecule has 0 bridgehead atoms.